The minimum absolute atomic E-state index is 0.0919. The van der Waals surface area contributed by atoms with Crippen LogP contribution in [0, 0.1) is 36.5 Å². The van der Waals surface area contributed by atoms with E-state index in [9.17, 15) is 29.7 Å². The van der Waals surface area contributed by atoms with Gasteiger partial charge in [0.05, 0.1) is 18.3 Å². The average Bonchev–Trinajstić information content (AvgIpc) is 3.33. The van der Waals surface area contributed by atoms with Crippen molar-refractivity contribution in [3.05, 3.63) is 48.0 Å². The van der Waals surface area contributed by atoms with Crippen LogP contribution in [0.15, 0.2) is 42.5 Å². The maximum atomic E-state index is 12.5. The maximum Gasteiger partial charge on any atom is 0.306 e. The van der Waals surface area contributed by atoms with Crippen molar-refractivity contribution in [2.45, 2.75) is 121 Å². The van der Waals surface area contributed by atoms with E-state index < -0.39 is 42.3 Å². The molecule has 1 aliphatic rings. The van der Waals surface area contributed by atoms with Gasteiger partial charge in [0.1, 0.15) is 13.2 Å². The van der Waals surface area contributed by atoms with Crippen LogP contribution in [0.25, 0.3) is 0 Å². The second-order valence-electron chi connectivity index (χ2n) is 12.1. The third-order valence-corrected chi connectivity index (χ3v) is 8.35. The zero-order valence-electron chi connectivity index (χ0n) is 27.5. The number of hydrogen-bond acceptors (Lipinski definition) is 9. The number of unbranched alkanes of at least 4 members (excludes halogenated alkanes) is 3. The molecule has 2 rings (SSSR count). The number of hydrogen-bond donors (Lipinski definition) is 3. The number of allylic oxidation sites excluding steroid dienone is 2. The molecule has 9 heteroatoms. The van der Waals surface area contributed by atoms with Crippen LogP contribution >= 0.6 is 0 Å². The van der Waals surface area contributed by atoms with Crippen LogP contribution in [0.5, 0.6) is 0 Å². The molecule has 0 saturated heterocycles. The second-order valence-corrected chi connectivity index (χ2v) is 12.1. The van der Waals surface area contributed by atoms with Crippen LogP contribution in [0.3, 0.4) is 0 Å². The predicted octanol–water partition coefficient (Wildman–Crippen LogP) is 4.84. The van der Waals surface area contributed by atoms with E-state index in [4.69, 9.17) is 27.1 Å². The Morgan fingerprint density at radius 1 is 0.830 bits per heavy atom. The van der Waals surface area contributed by atoms with Gasteiger partial charge in [-0.05, 0) is 81.6 Å². The number of rotatable bonds is 23. The number of benzene rings is 1. The Hall–Kier alpha value is -3.63. The first-order valence-electron chi connectivity index (χ1n) is 16.8. The number of aliphatic hydroxyl groups is 3. The summed E-state index contributed by atoms with van der Waals surface area (Å²) in [5, 5.41) is 31.7. The molecule has 0 heterocycles. The maximum absolute atomic E-state index is 12.5. The molecule has 0 aliphatic heterocycles. The van der Waals surface area contributed by atoms with Gasteiger partial charge >= 0.3 is 17.9 Å². The van der Waals surface area contributed by atoms with Crippen molar-refractivity contribution in [2.24, 2.45) is 11.8 Å². The highest BCUT2D eigenvalue weighted by atomic mass is 16.6. The Balaban J connectivity index is 1.74. The Morgan fingerprint density at radius 2 is 1.43 bits per heavy atom. The number of esters is 3. The van der Waals surface area contributed by atoms with Gasteiger partial charge in [-0.25, -0.2) is 0 Å². The van der Waals surface area contributed by atoms with Gasteiger partial charge in [0.15, 0.2) is 6.10 Å². The molecular formula is C38H52O9. The lowest BCUT2D eigenvalue weighted by molar-refractivity contribution is -0.166. The van der Waals surface area contributed by atoms with Crippen LogP contribution in [0.4, 0.5) is 0 Å². The fourth-order valence-corrected chi connectivity index (χ4v) is 5.70. The Morgan fingerprint density at radius 3 is 2.04 bits per heavy atom. The first kappa shape index (κ1) is 39.5. The summed E-state index contributed by atoms with van der Waals surface area (Å²) in [6.45, 7) is -0.474. The van der Waals surface area contributed by atoms with Gasteiger partial charge in [0, 0.05) is 32.1 Å². The Bertz CT molecular complexity index is 1130. The third kappa shape index (κ3) is 17.2. The van der Waals surface area contributed by atoms with Gasteiger partial charge in [-0.15, -0.1) is 24.7 Å². The largest absolute Gasteiger partial charge is 0.462 e. The highest BCUT2D eigenvalue weighted by Gasteiger charge is 2.40. The Labute approximate surface area is 280 Å². The van der Waals surface area contributed by atoms with E-state index in [0.29, 0.717) is 70.6 Å². The molecular weight excluding hydrogens is 600 g/mol. The van der Waals surface area contributed by atoms with Gasteiger partial charge in [-0.1, -0.05) is 42.5 Å². The van der Waals surface area contributed by atoms with Crippen molar-refractivity contribution in [1.82, 2.24) is 0 Å². The first-order chi connectivity index (χ1) is 22.7. The van der Waals surface area contributed by atoms with E-state index in [-0.39, 0.29) is 44.3 Å². The summed E-state index contributed by atoms with van der Waals surface area (Å²) in [6, 6.07) is 10.0. The van der Waals surface area contributed by atoms with E-state index in [0.717, 1.165) is 6.42 Å². The summed E-state index contributed by atoms with van der Waals surface area (Å²) >= 11 is 0. The van der Waals surface area contributed by atoms with Crippen molar-refractivity contribution in [3.63, 3.8) is 0 Å². The lowest BCUT2D eigenvalue weighted by Gasteiger charge is -2.23. The molecule has 0 bridgehead atoms. The van der Waals surface area contributed by atoms with Crippen LogP contribution < -0.4 is 0 Å². The molecule has 0 spiro atoms. The minimum atomic E-state index is -0.935. The zero-order valence-corrected chi connectivity index (χ0v) is 27.5. The smallest absolute Gasteiger partial charge is 0.306 e. The molecule has 5 atom stereocenters. The molecule has 9 nitrogen and oxygen atoms in total. The molecule has 0 aromatic heterocycles. The molecule has 1 fully saturated rings. The highest BCUT2D eigenvalue weighted by molar-refractivity contribution is 5.71. The van der Waals surface area contributed by atoms with Crippen LogP contribution in [-0.4, -0.2) is 70.9 Å². The van der Waals surface area contributed by atoms with Gasteiger partial charge in [-0.3, -0.25) is 14.4 Å². The molecule has 0 unspecified atom stereocenters. The van der Waals surface area contributed by atoms with E-state index >= 15 is 0 Å². The van der Waals surface area contributed by atoms with Crippen molar-refractivity contribution in [1.29, 1.82) is 0 Å². The van der Waals surface area contributed by atoms with Crippen LogP contribution in [0.1, 0.15) is 95.5 Å². The summed E-state index contributed by atoms with van der Waals surface area (Å²) < 4.78 is 15.9. The zero-order chi connectivity index (χ0) is 34.3. The fourth-order valence-electron chi connectivity index (χ4n) is 5.70. The molecule has 258 valence electrons. The monoisotopic (exact) mass is 652 g/mol. The van der Waals surface area contributed by atoms with E-state index in [1.54, 1.807) is 0 Å². The van der Waals surface area contributed by atoms with Gasteiger partial charge in [0.2, 0.25) is 0 Å². The molecule has 0 radical (unpaired) electrons. The Kier molecular flexibility index (Phi) is 19.9. The van der Waals surface area contributed by atoms with Crippen LogP contribution in [-0.2, 0) is 35.0 Å². The van der Waals surface area contributed by atoms with E-state index in [1.165, 1.54) is 5.56 Å². The minimum Gasteiger partial charge on any atom is -0.462 e. The molecule has 47 heavy (non-hydrogen) atoms. The SMILES string of the molecule is C#CCCCC(=O)OCC(COC(=O)CCCC#C)OC(=O)CCC/C=C\C[C@@H]1[C@@H](CC[C@@H](O)CCc2ccccc2)[C@H](O)C[C@@H]1O. The number of aliphatic hydroxyl groups excluding tert-OH is 3. The molecule has 0 amide bonds. The van der Waals surface area contributed by atoms with E-state index in [2.05, 4.69) is 11.8 Å². The van der Waals surface area contributed by atoms with Crippen molar-refractivity contribution >= 4 is 17.9 Å². The summed E-state index contributed by atoms with van der Waals surface area (Å²) in [5.41, 5.74) is 1.18. The topological polar surface area (TPSA) is 140 Å². The quantitative estimate of drug-likeness (QED) is 0.0498. The number of aryl methyl sites for hydroxylation is 1. The van der Waals surface area contributed by atoms with Gasteiger partial charge in [0.25, 0.3) is 0 Å². The standard InChI is InChI=1S/C38H52O9/c1-3-5-10-19-36(42)45-27-31(28-46-37(43)20-11-6-4-2)47-38(44)21-15-8-7-14-18-32-33(35(41)26-34(32)40)25-24-30(39)23-22-29-16-12-9-13-17-29/h1-2,7,9,12-14,16-17,30-35,39-41H,5-6,8,10-11,15,18-28H2/b14-7-/t30-,32+,33+,34-,35+/m0/s1. The molecule has 1 aromatic carbocycles. The molecule has 1 saturated carbocycles. The fraction of sp³-hybridized carbons (Fsp3) is 0.605. The molecule has 1 aromatic rings. The summed E-state index contributed by atoms with van der Waals surface area (Å²) in [4.78, 5) is 36.5. The summed E-state index contributed by atoms with van der Waals surface area (Å²) in [6.07, 6.45) is 18.7. The summed E-state index contributed by atoms with van der Waals surface area (Å²) in [7, 11) is 0. The van der Waals surface area contributed by atoms with Gasteiger partial charge < -0.3 is 29.5 Å². The average molecular weight is 653 g/mol. The number of carbonyl (C=O) groups excluding carboxylic acids is 3. The third-order valence-electron chi connectivity index (χ3n) is 8.35. The second kappa shape index (κ2) is 23.7. The number of carbonyl (C=O) groups is 3. The normalized spacial score (nSPS) is 19.6. The van der Waals surface area contributed by atoms with Crippen molar-refractivity contribution in [2.75, 3.05) is 13.2 Å². The molecule has 3 N–H and O–H groups in total. The predicted molar refractivity (Wildman–Crippen MR) is 178 cm³/mol. The highest BCUT2D eigenvalue weighted by Crippen LogP contribution is 2.38. The van der Waals surface area contributed by atoms with Crippen molar-refractivity contribution in [3.8, 4) is 24.7 Å². The van der Waals surface area contributed by atoms with Crippen molar-refractivity contribution < 1.29 is 43.9 Å². The summed E-state index contributed by atoms with van der Waals surface area (Å²) in [5.74, 6) is 3.26. The number of terminal acetylenes is 2. The molecule has 1 aliphatic carbocycles. The van der Waals surface area contributed by atoms with Crippen LogP contribution in [0.2, 0.25) is 0 Å². The van der Waals surface area contributed by atoms with E-state index in [1.807, 2.05) is 42.5 Å². The number of ether oxygens (including phenoxy) is 3. The van der Waals surface area contributed by atoms with Gasteiger partial charge in [-0.2, -0.15) is 0 Å². The lowest BCUT2D eigenvalue weighted by Crippen LogP contribution is -2.30. The lowest BCUT2D eigenvalue weighted by atomic mass is 9.85. The first-order valence-corrected chi connectivity index (χ1v) is 16.8.